The van der Waals surface area contributed by atoms with E-state index in [2.05, 4.69) is 47.5 Å². The summed E-state index contributed by atoms with van der Waals surface area (Å²) in [5, 5.41) is 17.7. The average molecular weight is 1080 g/mol. The number of nitrogens with one attached hydrogen (secondary N) is 8. The second-order valence-electron chi connectivity index (χ2n) is 19.1. The van der Waals surface area contributed by atoms with E-state index >= 15 is 0 Å². The van der Waals surface area contributed by atoms with Crippen LogP contribution in [0.15, 0.2) is 30.6 Å². The van der Waals surface area contributed by atoms with Crippen LogP contribution in [0.1, 0.15) is 77.0 Å². The van der Waals surface area contributed by atoms with Crippen LogP contribution in [0.25, 0.3) is 0 Å². The van der Waals surface area contributed by atoms with Gasteiger partial charge in [-0.3, -0.25) is 65.7 Å². The van der Waals surface area contributed by atoms with Crippen LogP contribution in [0.5, 0.6) is 0 Å². The Morgan fingerprint density at radius 3 is 0.750 bits per heavy atom. The molecule has 1 aromatic heterocycles. The molecule has 0 spiro atoms. The summed E-state index contributed by atoms with van der Waals surface area (Å²) in [4.78, 5) is 3.78. The molecule has 9 aliphatic rings. The van der Waals surface area contributed by atoms with Crippen LogP contribution >= 0.6 is 0 Å². The number of aromatic nitrogens is 1. The van der Waals surface area contributed by atoms with Crippen LogP contribution in [-0.2, 0) is 74.6 Å². The summed E-state index contributed by atoms with van der Waals surface area (Å²) in [6, 6.07) is 5.72. The van der Waals surface area contributed by atoms with Gasteiger partial charge in [0.2, 0.25) is 0 Å². The van der Waals surface area contributed by atoms with Crippen LogP contribution in [0.3, 0.4) is 0 Å². The summed E-state index contributed by atoms with van der Waals surface area (Å²) >= 11 is 0. The maximum atomic E-state index is 13.4. The molecule has 8 bridgehead atoms. The van der Waals surface area contributed by atoms with Gasteiger partial charge in [-0.2, -0.15) is 33.7 Å². The first-order valence-electron chi connectivity index (χ1n) is 22.1. The summed E-state index contributed by atoms with van der Waals surface area (Å²) in [5.41, 5.74) is 0. The molecule has 1 aromatic rings. The molecule has 0 aromatic carbocycles. The minimum Gasteiger partial charge on any atom is -0.286 e. The number of hydrogen-bond acceptors (Lipinski definition) is 17. The van der Waals surface area contributed by atoms with Gasteiger partial charge in [0.15, 0.2) is 0 Å². The summed E-state index contributed by atoms with van der Waals surface area (Å²) in [6.07, 6.45) is 10.9. The van der Waals surface area contributed by atoms with E-state index in [1.54, 1.807) is 12.4 Å². The molecule has 20 atom stereocenters. The van der Waals surface area contributed by atoms with Gasteiger partial charge in [-0.05, 0) is 86.2 Å². The molecular formula is C37H61Cu2N9O12S4. The van der Waals surface area contributed by atoms with Gasteiger partial charge in [0.25, 0.3) is 40.5 Å². The van der Waals surface area contributed by atoms with Crippen molar-refractivity contribution in [3.8, 4) is 0 Å². The third kappa shape index (κ3) is 9.94. The van der Waals surface area contributed by atoms with Crippen molar-refractivity contribution in [2.24, 2.45) is 47.3 Å². The third-order valence-corrected chi connectivity index (χ3v) is 21.6. The average Bonchev–Trinajstić information content (AvgIpc) is 3.95. The predicted molar refractivity (Wildman–Crippen MR) is 224 cm³/mol. The van der Waals surface area contributed by atoms with Crippen molar-refractivity contribution < 1.29 is 86.0 Å². The Bertz CT molecular complexity index is 2080. The van der Waals surface area contributed by atoms with Gasteiger partial charge < -0.3 is 0 Å². The molecule has 6 heterocycles. The van der Waals surface area contributed by atoms with E-state index < -0.39 is 98.0 Å². The zero-order chi connectivity index (χ0) is 43.9. The van der Waals surface area contributed by atoms with Crippen molar-refractivity contribution >= 4 is 40.5 Å². The van der Waals surface area contributed by atoms with E-state index in [-0.39, 0.29) is 82.5 Å². The molecule has 4 saturated carbocycles. The van der Waals surface area contributed by atoms with Crippen molar-refractivity contribution in [1.82, 2.24) is 47.5 Å². The van der Waals surface area contributed by atoms with Gasteiger partial charge in [0, 0.05) is 58.4 Å². The fourth-order valence-corrected chi connectivity index (χ4v) is 21.0. The van der Waals surface area contributed by atoms with E-state index in [1.165, 1.54) is 0 Å². The largest absolute Gasteiger partial charge is 0.286 e. The number of fused-ring (bicyclic) bond motifs is 20. The first-order valence-corrected chi connectivity index (χ1v) is 28.1. The zero-order valence-corrected chi connectivity index (χ0v) is 39.8. The summed E-state index contributed by atoms with van der Waals surface area (Å²) in [7, 11) is -23.0. The van der Waals surface area contributed by atoms with Crippen LogP contribution in [0.4, 0.5) is 0 Å². The van der Waals surface area contributed by atoms with Crippen LogP contribution < -0.4 is 42.5 Å². The van der Waals surface area contributed by atoms with Gasteiger partial charge >= 0.3 is 0 Å². The number of pyridine rings is 1. The Kier molecular flexibility index (Phi) is 15.8. The van der Waals surface area contributed by atoms with Crippen molar-refractivity contribution in [2.45, 2.75) is 147 Å². The van der Waals surface area contributed by atoms with E-state index in [9.17, 15) is 51.9 Å². The van der Waals surface area contributed by atoms with Crippen LogP contribution in [0, 0.1) is 47.3 Å². The van der Waals surface area contributed by atoms with Crippen LogP contribution in [-0.4, -0.2) is 127 Å². The molecule has 64 heavy (non-hydrogen) atoms. The molecule has 5 saturated heterocycles. The van der Waals surface area contributed by atoms with Gasteiger partial charge in [-0.1, -0.05) is 44.6 Å². The molecule has 0 amide bonds. The number of rotatable bonds is 4. The third-order valence-electron chi connectivity index (χ3n) is 16.0. The first kappa shape index (κ1) is 51.4. The molecular weight excluding hydrogens is 1020 g/mol. The molecule has 4 aliphatic carbocycles. The second-order valence-corrected chi connectivity index (χ2v) is 25.4. The minimum atomic E-state index is -5.87. The monoisotopic (exact) mass is 1080 g/mol. The molecule has 9 fully saturated rings. The fourth-order valence-electron chi connectivity index (χ4n) is 13.7. The normalized spacial score (nSPS) is 45.4. The van der Waals surface area contributed by atoms with Gasteiger partial charge in [0.1, 0.15) is 21.0 Å². The molecule has 21 nitrogen and oxygen atoms in total. The predicted octanol–water partition coefficient (Wildman–Crippen LogP) is -0.853. The smallest absolute Gasteiger partial charge is 0.270 e. The molecule has 372 valence electrons. The van der Waals surface area contributed by atoms with E-state index in [1.807, 2.05) is 18.2 Å². The van der Waals surface area contributed by atoms with Gasteiger partial charge in [-0.25, -0.2) is 0 Å². The quantitative estimate of drug-likeness (QED) is 0.129. The SMILES string of the molecule is O=S(=O)(O)C1C2C3NC4NC(NC5NC(NC6NC(NC(N3)C2C(S(=O)(=O)O)C(S(=O)(=O)O)C1S(=O)(=O)O)C1CCCCC61)C1CCCCC51)C1CCCCC41.[Cu].[Cu].c1ccncc1. The van der Waals surface area contributed by atoms with E-state index in [0.29, 0.717) is 11.8 Å². The maximum Gasteiger partial charge on any atom is 0.270 e. The molecule has 12 N–H and O–H groups in total. The fraction of sp³-hybridized carbons (Fsp3) is 0.865. The Hall–Kier alpha value is -0.491. The standard InChI is InChI=1S/C32H56N8O12S4.C5H5N.2Cu/c41-53(42,43)21-19-20(22(54(44,45)46)24(56(50,51)52)23(21)55(47,48)49)32-39-30-18-12-6-4-10-16(18)28(37-30)35-26-14-8-2-1-7-13(14)25(33-26)34-27-15-9-3-5-11-17(15)29(36-27)38-31(19)40-32;1-2-4-6-5-3-1;;/h13-40H,1-12H2,(H,41,42,43)(H,44,45,46)(H,47,48,49)(H,50,51,52);1-5H;;. The van der Waals surface area contributed by atoms with Gasteiger partial charge in [-0.15, -0.1) is 0 Å². The van der Waals surface area contributed by atoms with E-state index in [4.69, 9.17) is 0 Å². The minimum absolute atomic E-state index is 0. The maximum absolute atomic E-state index is 13.4. The molecule has 2 radical (unpaired) electrons. The number of hydrogen-bond donors (Lipinski definition) is 12. The van der Waals surface area contributed by atoms with Crippen LogP contribution in [0.2, 0.25) is 0 Å². The summed E-state index contributed by atoms with van der Waals surface area (Å²) < 4.78 is 149. The summed E-state index contributed by atoms with van der Waals surface area (Å²) in [5.74, 6) is -2.57. The van der Waals surface area contributed by atoms with Crippen molar-refractivity contribution in [2.75, 3.05) is 0 Å². The van der Waals surface area contributed by atoms with Crippen molar-refractivity contribution in [3.63, 3.8) is 0 Å². The number of nitrogens with zero attached hydrogens (tertiary/aromatic N) is 1. The molecule has 27 heteroatoms. The summed E-state index contributed by atoms with van der Waals surface area (Å²) in [6.45, 7) is 0. The van der Waals surface area contributed by atoms with Gasteiger partial charge in [0.05, 0.1) is 49.3 Å². The molecule has 5 aliphatic heterocycles. The topological polar surface area (TPSA) is 327 Å². The van der Waals surface area contributed by atoms with Crippen molar-refractivity contribution in [1.29, 1.82) is 0 Å². The molecule has 10 rings (SSSR count). The van der Waals surface area contributed by atoms with E-state index in [0.717, 1.165) is 77.0 Å². The first-order chi connectivity index (χ1) is 29.3. The molecule has 20 unspecified atom stereocenters. The van der Waals surface area contributed by atoms with Crippen molar-refractivity contribution in [3.05, 3.63) is 30.6 Å². The Morgan fingerprint density at radius 1 is 0.344 bits per heavy atom. The Labute approximate surface area is 396 Å². The second kappa shape index (κ2) is 19.7. The Morgan fingerprint density at radius 2 is 0.562 bits per heavy atom. The Balaban J connectivity index is 0.000000709. The zero-order valence-electron chi connectivity index (χ0n) is 34.7.